The number of benzene rings is 1. The number of aromatic amines is 1. The number of fused-ring (bicyclic) bond motifs is 5. The van der Waals surface area contributed by atoms with Crippen molar-refractivity contribution in [2.75, 3.05) is 38.1 Å². The lowest BCUT2D eigenvalue weighted by Gasteiger charge is -2.34. The Bertz CT molecular complexity index is 1120. The molecule has 3 aromatic rings. The van der Waals surface area contributed by atoms with Gasteiger partial charge < -0.3 is 24.6 Å². The highest BCUT2D eigenvalue weighted by molar-refractivity contribution is 5.94. The minimum Gasteiger partial charge on any atom is -0.487 e. The summed E-state index contributed by atoms with van der Waals surface area (Å²) in [4.78, 5) is 23.5. The molecule has 1 aromatic carbocycles. The van der Waals surface area contributed by atoms with Gasteiger partial charge in [0, 0.05) is 56.2 Å². The number of piperazine rings is 1. The smallest absolute Gasteiger partial charge is 0.303 e. The number of pyridine rings is 1. The molecule has 4 heterocycles. The number of ether oxygens (including phenoxy) is 1. The van der Waals surface area contributed by atoms with Gasteiger partial charge in [-0.3, -0.25) is 4.79 Å². The summed E-state index contributed by atoms with van der Waals surface area (Å²) in [5.74, 6) is 0.146. The van der Waals surface area contributed by atoms with Crippen LogP contribution in [0, 0.1) is 0 Å². The zero-order valence-corrected chi connectivity index (χ0v) is 17.9. The number of nitrogens with zero attached hydrogens (tertiary/aromatic N) is 3. The lowest BCUT2D eigenvalue weighted by atomic mass is 9.95. The molecule has 0 bridgehead atoms. The molecule has 0 aliphatic carbocycles. The van der Waals surface area contributed by atoms with Crippen molar-refractivity contribution in [1.82, 2.24) is 14.9 Å². The predicted molar refractivity (Wildman–Crippen MR) is 121 cm³/mol. The number of carboxylic acids is 1. The van der Waals surface area contributed by atoms with E-state index in [4.69, 9.17) is 9.84 Å². The molecule has 0 radical (unpaired) electrons. The molecular weight excluding hydrogens is 392 g/mol. The van der Waals surface area contributed by atoms with E-state index >= 15 is 0 Å². The third-order valence-corrected chi connectivity index (χ3v) is 6.44. The van der Waals surface area contributed by atoms with E-state index in [0.29, 0.717) is 13.0 Å². The molecule has 5 rings (SSSR count). The summed E-state index contributed by atoms with van der Waals surface area (Å²) in [6, 6.07) is 6.68. The molecule has 0 saturated carbocycles. The van der Waals surface area contributed by atoms with Crippen LogP contribution < -0.4 is 9.64 Å². The van der Waals surface area contributed by atoms with Crippen LogP contribution in [-0.4, -0.2) is 59.2 Å². The Hall–Kier alpha value is -3.06. The number of rotatable bonds is 6. The van der Waals surface area contributed by atoms with Crippen molar-refractivity contribution < 1.29 is 14.6 Å². The molecule has 2 aliphatic heterocycles. The van der Waals surface area contributed by atoms with Crippen LogP contribution in [0.2, 0.25) is 0 Å². The van der Waals surface area contributed by atoms with Crippen LogP contribution in [0.15, 0.2) is 30.6 Å². The molecule has 7 heteroatoms. The number of carboxylic acid groups (broad SMARTS) is 1. The van der Waals surface area contributed by atoms with Gasteiger partial charge in [-0.05, 0) is 55.1 Å². The summed E-state index contributed by atoms with van der Waals surface area (Å²) in [5.41, 5.74) is 6.64. The van der Waals surface area contributed by atoms with Gasteiger partial charge in [0.25, 0.3) is 0 Å². The zero-order chi connectivity index (χ0) is 21.4. The summed E-state index contributed by atoms with van der Waals surface area (Å²) in [6.07, 6.45) is 6.39. The molecule has 2 aromatic heterocycles. The van der Waals surface area contributed by atoms with Gasteiger partial charge in [0.1, 0.15) is 18.0 Å². The molecule has 162 valence electrons. The number of unbranched alkanes of at least 4 members (excludes halogenated alkanes) is 1. The third kappa shape index (κ3) is 3.85. The fraction of sp³-hybridized carbons (Fsp3) is 0.417. The van der Waals surface area contributed by atoms with E-state index in [9.17, 15) is 4.79 Å². The highest BCUT2D eigenvalue weighted by atomic mass is 16.5. The van der Waals surface area contributed by atoms with Gasteiger partial charge in [-0.1, -0.05) is 6.07 Å². The molecule has 31 heavy (non-hydrogen) atoms. The summed E-state index contributed by atoms with van der Waals surface area (Å²) in [6.45, 7) is 4.81. The largest absolute Gasteiger partial charge is 0.487 e. The molecule has 0 amide bonds. The summed E-state index contributed by atoms with van der Waals surface area (Å²) < 4.78 is 6.29. The standard InChI is InChI=1S/C24H28N4O3/c1-27-8-10-28(11-9-27)18-6-7-19-17(12-18)15-31-23-20(19)14-26-24-22(23)16(13-25-24)4-2-3-5-21(29)30/h6-7,12-14H,2-5,8-11,15H2,1H3,(H,25,26)(H,29,30). The van der Waals surface area contributed by atoms with E-state index in [1.165, 1.54) is 16.8 Å². The minimum atomic E-state index is -0.742. The van der Waals surface area contributed by atoms with E-state index in [-0.39, 0.29) is 6.42 Å². The van der Waals surface area contributed by atoms with Crippen LogP contribution in [-0.2, 0) is 17.8 Å². The number of carbonyl (C=O) groups is 1. The highest BCUT2D eigenvalue weighted by Crippen LogP contribution is 2.43. The second-order valence-electron chi connectivity index (χ2n) is 8.56. The van der Waals surface area contributed by atoms with Crippen LogP contribution >= 0.6 is 0 Å². The van der Waals surface area contributed by atoms with Crippen LogP contribution in [0.5, 0.6) is 5.75 Å². The first-order chi connectivity index (χ1) is 15.1. The van der Waals surface area contributed by atoms with E-state index in [2.05, 4.69) is 45.0 Å². The third-order valence-electron chi connectivity index (χ3n) is 6.44. The molecule has 0 spiro atoms. The fourth-order valence-electron chi connectivity index (χ4n) is 4.63. The van der Waals surface area contributed by atoms with Crippen molar-refractivity contribution in [3.8, 4) is 16.9 Å². The van der Waals surface area contributed by atoms with Crippen LogP contribution in [0.1, 0.15) is 30.4 Å². The number of hydrogen-bond donors (Lipinski definition) is 2. The highest BCUT2D eigenvalue weighted by Gasteiger charge is 2.24. The predicted octanol–water partition coefficient (Wildman–Crippen LogP) is 3.67. The molecule has 1 saturated heterocycles. The Labute approximate surface area is 181 Å². The van der Waals surface area contributed by atoms with Crippen LogP contribution in [0.4, 0.5) is 5.69 Å². The quantitative estimate of drug-likeness (QED) is 0.592. The fourth-order valence-corrected chi connectivity index (χ4v) is 4.63. The number of anilines is 1. The molecular formula is C24H28N4O3. The van der Waals surface area contributed by atoms with E-state index in [1.807, 2.05) is 12.4 Å². The van der Waals surface area contributed by atoms with Crippen molar-refractivity contribution in [2.45, 2.75) is 32.3 Å². The number of likely N-dealkylation sites (N-methyl/N-ethyl adjacent to an activating group) is 1. The molecule has 7 nitrogen and oxygen atoms in total. The van der Waals surface area contributed by atoms with Crippen molar-refractivity contribution in [2.24, 2.45) is 0 Å². The lowest BCUT2D eigenvalue weighted by Crippen LogP contribution is -2.44. The second-order valence-corrected chi connectivity index (χ2v) is 8.56. The van der Waals surface area contributed by atoms with Gasteiger partial charge >= 0.3 is 5.97 Å². The number of hydrogen-bond acceptors (Lipinski definition) is 5. The van der Waals surface area contributed by atoms with Gasteiger partial charge in [-0.15, -0.1) is 0 Å². The Morgan fingerprint density at radius 2 is 2.03 bits per heavy atom. The molecule has 1 fully saturated rings. The van der Waals surface area contributed by atoms with Crippen molar-refractivity contribution in [3.05, 3.63) is 41.7 Å². The van der Waals surface area contributed by atoms with E-state index < -0.39 is 5.97 Å². The normalized spacial score (nSPS) is 16.1. The first-order valence-electron chi connectivity index (χ1n) is 11.0. The Morgan fingerprint density at radius 1 is 1.19 bits per heavy atom. The summed E-state index contributed by atoms with van der Waals surface area (Å²) in [7, 11) is 2.17. The average molecular weight is 421 g/mol. The van der Waals surface area contributed by atoms with Gasteiger partial charge in [0.05, 0.1) is 5.39 Å². The molecule has 0 atom stereocenters. The molecule has 0 unspecified atom stereocenters. The molecule has 2 N–H and O–H groups in total. The van der Waals surface area contributed by atoms with Gasteiger partial charge in [0.2, 0.25) is 0 Å². The Morgan fingerprint density at radius 3 is 2.84 bits per heavy atom. The second kappa shape index (κ2) is 8.23. The maximum atomic E-state index is 10.8. The minimum absolute atomic E-state index is 0.207. The summed E-state index contributed by atoms with van der Waals surface area (Å²) >= 11 is 0. The van der Waals surface area contributed by atoms with Crippen LogP contribution in [0.3, 0.4) is 0 Å². The van der Waals surface area contributed by atoms with Crippen molar-refractivity contribution >= 4 is 22.7 Å². The maximum Gasteiger partial charge on any atom is 0.303 e. The molecule has 2 aliphatic rings. The maximum absolute atomic E-state index is 10.8. The monoisotopic (exact) mass is 420 g/mol. The van der Waals surface area contributed by atoms with Gasteiger partial charge in [-0.2, -0.15) is 0 Å². The lowest BCUT2D eigenvalue weighted by molar-refractivity contribution is -0.137. The SMILES string of the molecule is CN1CCN(c2ccc3c(c2)COc2c-3cnc3[nH]cc(CCCCC(=O)O)c23)CC1. The van der Waals surface area contributed by atoms with E-state index in [0.717, 1.165) is 66.9 Å². The van der Waals surface area contributed by atoms with Crippen LogP contribution in [0.25, 0.3) is 22.2 Å². The van der Waals surface area contributed by atoms with Crippen molar-refractivity contribution in [1.29, 1.82) is 0 Å². The first kappa shape index (κ1) is 19.9. The summed E-state index contributed by atoms with van der Waals surface area (Å²) in [5, 5.41) is 9.90. The van der Waals surface area contributed by atoms with Crippen molar-refractivity contribution in [3.63, 3.8) is 0 Å². The number of aromatic nitrogens is 2. The number of aliphatic carboxylic acids is 1. The van der Waals surface area contributed by atoms with Gasteiger partial charge in [0.15, 0.2) is 0 Å². The number of nitrogens with one attached hydrogen (secondary N) is 1. The Balaban J connectivity index is 1.43. The topological polar surface area (TPSA) is 81.7 Å². The van der Waals surface area contributed by atoms with E-state index in [1.54, 1.807) is 0 Å². The number of H-pyrrole nitrogens is 1. The van der Waals surface area contributed by atoms with Gasteiger partial charge in [-0.25, -0.2) is 4.98 Å². The first-order valence-corrected chi connectivity index (χ1v) is 11.0. The average Bonchev–Trinajstić information content (AvgIpc) is 3.20. The number of aryl methyl sites for hydroxylation is 1. The Kier molecular flexibility index (Phi) is 5.28. The zero-order valence-electron chi connectivity index (χ0n) is 17.9.